The zero-order valence-corrected chi connectivity index (χ0v) is 9.88. The number of methoxy groups -OCH3 is 1. The van der Waals surface area contributed by atoms with Gasteiger partial charge in [0.25, 0.3) is 0 Å². The van der Waals surface area contributed by atoms with Crippen molar-refractivity contribution >= 4 is 12.2 Å². The van der Waals surface area contributed by atoms with Crippen molar-refractivity contribution in [3.05, 3.63) is 35.9 Å². The van der Waals surface area contributed by atoms with Crippen molar-refractivity contribution in [2.24, 2.45) is 10.9 Å². The van der Waals surface area contributed by atoms with Crippen LogP contribution in [0.1, 0.15) is 19.4 Å². The molecule has 1 aromatic carbocycles. The second-order valence-electron chi connectivity index (χ2n) is 3.90. The maximum atomic E-state index is 11.4. The molecule has 0 aliphatic rings. The first-order valence-electron chi connectivity index (χ1n) is 5.31. The molecule has 3 heteroatoms. The van der Waals surface area contributed by atoms with Crippen LogP contribution in [0.2, 0.25) is 0 Å². The third-order valence-electron chi connectivity index (χ3n) is 2.26. The van der Waals surface area contributed by atoms with Gasteiger partial charge < -0.3 is 4.74 Å². The van der Waals surface area contributed by atoms with Gasteiger partial charge in [0.15, 0.2) is 0 Å². The summed E-state index contributed by atoms with van der Waals surface area (Å²) in [6.07, 6.45) is 1.71. The number of hydrogen-bond donors (Lipinski definition) is 0. The van der Waals surface area contributed by atoms with Crippen LogP contribution in [-0.2, 0) is 9.53 Å². The van der Waals surface area contributed by atoms with Gasteiger partial charge in [-0.05, 0) is 11.5 Å². The number of nitrogens with zero attached hydrogens (tertiary/aromatic N) is 1. The third-order valence-corrected chi connectivity index (χ3v) is 2.26. The molecule has 0 aliphatic heterocycles. The van der Waals surface area contributed by atoms with Crippen molar-refractivity contribution in [1.82, 2.24) is 0 Å². The summed E-state index contributed by atoms with van der Waals surface area (Å²) in [5.41, 5.74) is 0.983. The predicted molar refractivity (Wildman–Crippen MR) is 64.7 cm³/mol. The number of carbonyl (C=O) groups excluding carboxylic acids is 1. The van der Waals surface area contributed by atoms with E-state index in [2.05, 4.69) is 4.99 Å². The van der Waals surface area contributed by atoms with Crippen LogP contribution in [0.25, 0.3) is 0 Å². The Balaban J connectivity index is 2.76. The lowest BCUT2D eigenvalue weighted by Crippen LogP contribution is -2.25. The van der Waals surface area contributed by atoms with E-state index in [-0.39, 0.29) is 11.9 Å². The van der Waals surface area contributed by atoms with Crippen LogP contribution in [0.5, 0.6) is 0 Å². The lowest BCUT2D eigenvalue weighted by Gasteiger charge is -2.13. The molecule has 86 valence electrons. The fraction of sp³-hybridized carbons (Fsp3) is 0.385. The Morgan fingerprint density at radius 2 is 1.94 bits per heavy atom. The van der Waals surface area contributed by atoms with Crippen molar-refractivity contribution in [2.45, 2.75) is 19.9 Å². The lowest BCUT2D eigenvalue weighted by atomic mass is 10.1. The second-order valence-corrected chi connectivity index (χ2v) is 3.90. The Morgan fingerprint density at radius 3 is 2.44 bits per heavy atom. The highest BCUT2D eigenvalue weighted by molar-refractivity contribution is 5.84. The van der Waals surface area contributed by atoms with Crippen LogP contribution >= 0.6 is 0 Å². The summed E-state index contributed by atoms with van der Waals surface area (Å²) in [4.78, 5) is 15.7. The zero-order valence-electron chi connectivity index (χ0n) is 9.88. The van der Waals surface area contributed by atoms with Gasteiger partial charge in [-0.15, -0.1) is 0 Å². The summed E-state index contributed by atoms with van der Waals surface area (Å²) >= 11 is 0. The molecule has 0 saturated heterocycles. The van der Waals surface area contributed by atoms with E-state index in [1.807, 2.05) is 44.2 Å². The Morgan fingerprint density at radius 1 is 1.31 bits per heavy atom. The van der Waals surface area contributed by atoms with Gasteiger partial charge in [-0.1, -0.05) is 44.2 Å². The number of rotatable bonds is 4. The minimum atomic E-state index is -0.426. The zero-order chi connectivity index (χ0) is 12.0. The maximum Gasteiger partial charge on any atom is 0.330 e. The average Bonchev–Trinajstić information content (AvgIpc) is 2.30. The molecule has 0 amide bonds. The van der Waals surface area contributed by atoms with Gasteiger partial charge in [0, 0.05) is 6.21 Å². The molecule has 1 rings (SSSR count). The number of aliphatic imine (C=N–C) groups is 1. The maximum absolute atomic E-state index is 11.4. The van der Waals surface area contributed by atoms with Crippen molar-refractivity contribution in [3.63, 3.8) is 0 Å². The first kappa shape index (κ1) is 12.4. The molecule has 0 N–H and O–H groups in total. The molecule has 0 aliphatic carbocycles. The first-order chi connectivity index (χ1) is 7.65. The van der Waals surface area contributed by atoms with Gasteiger partial charge in [0.2, 0.25) is 0 Å². The van der Waals surface area contributed by atoms with E-state index in [0.29, 0.717) is 0 Å². The summed E-state index contributed by atoms with van der Waals surface area (Å²) in [6.45, 7) is 3.90. The number of hydrogen-bond acceptors (Lipinski definition) is 3. The smallest absolute Gasteiger partial charge is 0.330 e. The molecule has 0 bridgehead atoms. The monoisotopic (exact) mass is 219 g/mol. The summed E-state index contributed by atoms with van der Waals surface area (Å²) in [5.74, 6) is -0.158. The van der Waals surface area contributed by atoms with Crippen molar-refractivity contribution in [2.75, 3.05) is 7.11 Å². The molecule has 0 heterocycles. The number of esters is 1. The Labute approximate surface area is 96.2 Å². The van der Waals surface area contributed by atoms with Crippen LogP contribution in [0, 0.1) is 5.92 Å². The Kier molecular flexibility index (Phi) is 4.70. The van der Waals surface area contributed by atoms with Gasteiger partial charge in [-0.25, -0.2) is 4.79 Å². The molecule has 0 spiro atoms. The van der Waals surface area contributed by atoms with Crippen molar-refractivity contribution in [3.8, 4) is 0 Å². The largest absolute Gasteiger partial charge is 0.467 e. The van der Waals surface area contributed by atoms with Gasteiger partial charge >= 0.3 is 5.97 Å². The van der Waals surface area contributed by atoms with Crippen LogP contribution in [-0.4, -0.2) is 25.3 Å². The van der Waals surface area contributed by atoms with E-state index in [4.69, 9.17) is 4.74 Å². The van der Waals surface area contributed by atoms with Crippen molar-refractivity contribution in [1.29, 1.82) is 0 Å². The molecular weight excluding hydrogens is 202 g/mol. The molecular formula is C13H17NO2. The Bertz CT molecular complexity index is 357. The highest BCUT2D eigenvalue weighted by atomic mass is 16.5. The van der Waals surface area contributed by atoms with Gasteiger partial charge in [0.05, 0.1) is 7.11 Å². The summed E-state index contributed by atoms with van der Waals surface area (Å²) < 4.78 is 4.71. The average molecular weight is 219 g/mol. The van der Waals surface area contributed by atoms with E-state index in [0.717, 1.165) is 5.56 Å². The third kappa shape index (κ3) is 3.50. The number of benzene rings is 1. The van der Waals surface area contributed by atoms with Crippen LogP contribution in [0.15, 0.2) is 35.3 Å². The first-order valence-corrected chi connectivity index (χ1v) is 5.31. The highest BCUT2D eigenvalue weighted by Gasteiger charge is 2.20. The minimum absolute atomic E-state index is 0.132. The predicted octanol–water partition coefficient (Wildman–Crippen LogP) is 2.30. The van der Waals surface area contributed by atoms with E-state index in [1.165, 1.54) is 7.11 Å². The highest BCUT2D eigenvalue weighted by Crippen LogP contribution is 2.08. The van der Waals surface area contributed by atoms with Gasteiger partial charge in [-0.3, -0.25) is 4.99 Å². The van der Waals surface area contributed by atoms with E-state index >= 15 is 0 Å². The molecule has 0 aromatic heterocycles. The molecule has 16 heavy (non-hydrogen) atoms. The van der Waals surface area contributed by atoms with E-state index in [1.54, 1.807) is 6.21 Å². The normalized spacial score (nSPS) is 13.0. The number of carbonyl (C=O) groups is 1. The molecule has 0 radical (unpaired) electrons. The summed E-state index contributed by atoms with van der Waals surface area (Å²) in [7, 11) is 1.38. The molecule has 3 nitrogen and oxygen atoms in total. The fourth-order valence-electron chi connectivity index (χ4n) is 1.33. The van der Waals surface area contributed by atoms with Crippen LogP contribution in [0.3, 0.4) is 0 Å². The topological polar surface area (TPSA) is 38.7 Å². The summed E-state index contributed by atoms with van der Waals surface area (Å²) in [5, 5.41) is 0. The van der Waals surface area contributed by atoms with Gasteiger partial charge in [0.1, 0.15) is 6.04 Å². The van der Waals surface area contributed by atoms with E-state index < -0.39 is 6.04 Å². The minimum Gasteiger partial charge on any atom is -0.467 e. The standard InChI is InChI=1S/C13H17NO2/c1-10(2)12(13(15)16-3)14-9-11-7-5-4-6-8-11/h4-10,12H,1-3H3/t12-/m0/s1. The van der Waals surface area contributed by atoms with E-state index in [9.17, 15) is 4.79 Å². The van der Waals surface area contributed by atoms with Crippen LogP contribution in [0.4, 0.5) is 0 Å². The number of ether oxygens (including phenoxy) is 1. The quantitative estimate of drug-likeness (QED) is 0.575. The van der Waals surface area contributed by atoms with Crippen LogP contribution < -0.4 is 0 Å². The second kappa shape index (κ2) is 6.05. The fourth-order valence-corrected chi connectivity index (χ4v) is 1.33. The molecule has 0 unspecified atom stereocenters. The molecule has 1 atom stereocenters. The SMILES string of the molecule is COC(=O)[C@@H](N=Cc1ccccc1)C(C)C. The Hall–Kier alpha value is -1.64. The van der Waals surface area contributed by atoms with Gasteiger partial charge in [-0.2, -0.15) is 0 Å². The lowest BCUT2D eigenvalue weighted by molar-refractivity contribution is -0.143. The molecule has 1 aromatic rings. The molecule has 0 fully saturated rings. The summed E-state index contributed by atoms with van der Waals surface area (Å²) in [6, 6.07) is 9.27. The van der Waals surface area contributed by atoms with Crippen molar-refractivity contribution < 1.29 is 9.53 Å². The molecule has 0 saturated carbocycles.